The molecule has 0 spiro atoms. The first-order valence-corrected chi connectivity index (χ1v) is 5.79. The Bertz CT molecular complexity index is 526. The molecular weight excluding hydrogens is 272 g/mol. The van der Waals surface area contributed by atoms with Gasteiger partial charge in [-0.2, -0.15) is 14.0 Å². The van der Waals surface area contributed by atoms with Crippen molar-refractivity contribution in [3.05, 3.63) is 28.8 Å². The lowest BCUT2D eigenvalue weighted by Gasteiger charge is -2.15. The van der Waals surface area contributed by atoms with Gasteiger partial charge in [0.25, 0.3) is 0 Å². The molecule has 1 N–H and O–H groups in total. The van der Waals surface area contributed by atoms with Crippen LogP contribution in [0.15, 0.2) is 12.1 Å². The van der Waals surface area contributed by atoms with Crippen LogP contribution in [0.5, 0.6) is 5.75 Å². The molecule has 0 aliphatic rings. The molecule has 0 unspecified atom stereocenters. The van der Waals surface area contributed by atoms with Crippen molar-refractivity contribution in [1.82, 2.24) is 0 Å². The quantitative estimate of drug-likeness (QED) is 0.806. The monoisotopic (exact) mass is 285 g/mol. The number of nitrogens with zero attached hydrogens (tertiary/aromatic N) is 1. The van der Waals surface area contributed by atoms with Crippen molar-refractivity contribution in [2.75, 3.05) is 6.61 Å². The Labute approximate surface area is 114 Å². The van der Waals surface area contributed by atoms with Crippen LogP contribution in [-0.4, -0.2) is 24.3 Å². The number of ether oxygens (including phenoxy) is 2. The molecule has 1 aromatic carbocycles. The van der Waals surface area contributed by atoms with Crippen molar-refractivity contribution >= 4 is 5.97 Å². The SMILES string of the molecule is CCOC(=O)Cc1ccc(C#N)c(CO)c1OC(F)F. The summed E-state index contributed by atoms with van der Waals surface area (Å²) < 4.78 is 33.9. The highest BCUT2D eigenvalue weighted by Crippen LogP contribution is 2.29. The molecule has 0 saturated carbocycles. The molecule has 0 atom stereocenters. The molecular formula is C13H13F2NO4. The van der Waals surface area contributed by atoms with Gasteiger partial charge in [0.2, 0.25) is 0 Å². The normalized spacial score (nSPS) is 10.2. The minimum atomic E-state index is -3.13. The van der Waals surface area contributed by atoms with E-state index in [1.54, 1.807) is 13.0 Å². The summed E-state index contributed by atoms with van der Waals surface area (Å²) in [5.74, 6) is -0.963. The fraction of sp³-hybridized carbons (Fsp3) is 0.385. The summed E-state index contributed by atoms with van der Waals surface area (Å²) in [5, 5.41) is 18.1. The Kier molecular flexibility index (Phi) is 5.87. The van der Waals surface area contributed by atoms with Crippen molar-refractivity contribution < 1.29 is 28.2 Å². The summed E-state index contributed by atoms with van der Waals surface area (Å²) in [6, 6.07) is 4.42. The van der Waals surface area contributed by atoms with Crippen LogP contribution in [0.25, 0.3) is 0 Å². The number of alkyl halides is 2. The fourth-order valence-electron chi connectivity index (χ4n) is 1.68. The van der Waals surface area contributed by atoms with E-state index in [1.165, 1.54) is 12.1 Å². The number of hydrogen-bond acceptors (Lipinski definition) is 5. The van der Waals surface area contributed by atoms with Crippen molar-refractivity contribution in [2.45, 2.75) is 26.6 Å². The number of rotatable bonds is 6. The fourth-order valence-corrected chi connectivity index (χ4v) is 1.68. The van der Waals surface area contributed by atoms with E-state index in [9.17, 15) is 18.7 Å². The van der Waals surface area contributed by atoms with Crippen LogP contribution in [-0.2, 0) is 22.6 Å². The summed E-state index contributed by atoms with van der Waals surface area (Å²) in [6.45, 7) is -2.00. The smallest absolute Gasteiger partial charge is 0.387 e. The molecule has 0 saturated heterocycles. The van der Waals surface area contributed by atoms with E-state index in [-0.39, 0.29) is 35.5 Å². The molecule has 108 valence electrons. The first-order valence-electron chi connectivity index (χ1n) is 5.79. The van der Waals surface area contributed by atoms with Crippen LogP contribution in [0.1, 0.15) is 23.6 Å². The Balaban J connectivity index is 3.22. The van der Waals surface area contributed by atoms with E-state index in [4.69, 9.17) is 10.00 Å². The molecule has 7 heteroatoms. The Morgan fingerprint density at radius 2 is 2.20 bits per heavy atom. The second kappa shape index (κ2) is 7.40. The van der Waals surface area contributed by atoms with Gasteiger partial charge < -0.3 is 14.6 Å². The second-order valence-corrected chi connectivity index (χ2v) is 3.71. The van der Waals surface area contributed by atoms with Crippen molar-refractivity contribution in [2.24, 2.45) is 0 Å². The van der Waals surface area contributed by atoms with Gasteiger partial charge in [-0.25, -0.2) is 0 Å². The van der Waals surface area contributed by atoms with Crippen LogP contribution >= 0.6 is 0 Å². The molecule has 0 heterocycles. The van der Waals surface area contributed by atoms with Crippen LogP contribution in [0.4, 0.5) is 8.78 Å². The minimum absolute atomic E-state index is 0.00996. The topological polar surface area (TPSA) is 79.6 Å². The van der Waals surface area contributed by atoms with Crippen molar-refractivity contribution in [3.63, 3.8) is 0 Å². The lowest BCUT2D eigenvalue weighted by Crippen LogP contribution is -2.13. The standard InChI is InChI=1S/C13H13F2NO4/c1-2-19-11(18)5-8-3-4-9(6-16)10(7-17)12(8)20-13(14)15/h3-4,13,17H,2,5,7H2,1H3. The number of nitriles is 1. The summed E-state index contributed by atoms with van der Waals surface area (Å²) >= 11 is 0. The highest BCUT2D eigenvalue weighted by molar-refractivity contribution is 5.74. The summed E-state index contributed by atoms with van der Waals surface area (Å²) in [6.07, 6.45) is -0.283. The van der Waals surface area contributed by atoms with E-state index >= 15 is 0 Å². The lowest BCUT2D eigenvalue weighted by molar-refractivity contribution is -0.142. The highest BCUT2D eigenvalue weighted by Gasteiger charge is 2.19. The molecule has 1 aromatic rings. The van der Waals surface area contributed by atoms with Crippen LogP contribution < -0.4 is 4.74 Å². The molecule has 0 bridgehead atoms. The van der Waals surface area contributed by atoms with Crippen LogP contribution in [0.2, 0.25) is 0 Å². The third-order valence-corrected chi connectivity index (χ3v) is 2.47. The number of carbonyl (C=O) groups excluding carboxylic acids is 1. The lowest BCUT2D eigenvalue weighted by atomic mass is 10.0. The van der Waals surface area contributed by atoms with E-state index in [0.29, 0.717) is 0 Å². The number of hydrogen-bond donors (Lipinski definition) is 1. The molecule has 0 aliphatic carbocycles. The van der Waals surface area contributed by atoms with Gasteiger partial charge in [0, 0.05) is 11.1 Å². The molecule has 0 amide bonds. The van der Waals surface area contributed by atoms with E-state index in [0.717, 1.165) is 0 Å². The Morgan fingerprint density at radius 1 is 1.50 bits per heavy atom. The van der Waals surface area contributed by atoms with Gasteiger partial charge in [0.1, 0.15) is 5.75 Å². The average Bonchev–Trinajstić information content (AvgIpc) is 2.40. The first-order chi connectivity index (χ1) is 9.53. The van der Waals surface area contributed by atoms with Gasteiger partial charge in [0.05, 0.1) is 31.3 Å². The third kappa shape index (κ3) is 3.90. The summed E-state index contributed by atoms with van der Waals surface area (Å²) in [5.41, 5.74) is 0.0668. The van der Waals surface area contributed by atoms with Crippen LogP contribution in [0.3, 0.4) is 0 Å². The molecule has 0 fully saturated rings. The highest BCUT2D eigenvalue weighted by atomic mass is 19.3. The van der Waals surface area contributed by atoms with Crippen molar-refractivity contribution in [3.8, 4) is 11.8 Å². The summed E-state index contributed by atoms with van der Waals surface area (Å²) in [4.78, 5) is 11.4. The number of carbonyl (C=O) groups is 1. The number of aliphatic hydroxyl groups is 1. The number of aliphatic hydroxyl groups excluding tert-OH is 1. The van der Waals surface area contributed by atoms with Crippen molar-refractivity contribution in [1.29, 1.82) is 5.26 Å². The zero-order chi connectivity index (χ0) is 15.1. The third-order valence-electron chi connectivity index (χ3n) is 2.47. The molecule has 0 aromatic heterocycles. The van der Waals surface area contributed by atoms with Gasteiger partial charge in [-0.05, 0) is 13.0 Å². The maximum Gasteiger partial charge on any atom is 0.387 e. The van der Waals surface area contributed by atoms with E-state index in [1.807, 2.05) is 0 Å². The second-order valence-electron chi connectivity index (χ2n) is 3.71. The molecule has 5 nitrogen and oxygen atoms in total. The molecule has 1 rings (SSSR count). The van der Waals surface area contributed by atoms with Gasteiger partial charge >= 0.3 is 12.6 Å². The molecule has 0 aliphatic heterocycles. The Hall–Kier alpha value is -2.20. The predicted octanol–water partition coefficient (Wildman–Crippen LogP) is 1.76. The maximum absolute atomic E-state index is 12.4. The van der Waals surface area contributed by atoms with Gasteiger partial charge in [0.15, 0.2) is 0 Å². The molecule has 20 heavy (non-hydrogen) atoms. The number of esters is 1. The maximum atomic E-state index is 12.4. The summed E-state index contributed by atoms with van der Waals surface area (Å²) in [7, 11) is 0. The van der Waals surface area contributed by atoms with E-state index in [2.05, 4.69) is 4.74 Å². The predicted molar refractivity (Wildman–Crippen MR) is 64.0 cm³/mol. The minimum Gasteiger partial charge on any atom is -0.466 e. The average molecular weight is 285 g/mol. The zero-order valence-electron chi connectivity index (χ0n) is 10.7. The number of halogens is 2. The van der Waals surface area contributed by atoms with Gasteiger partial charge in [-0.1, -0.05) is 6.07 Å². The van der Waals surface area contributed by atoms with Crippen LogP contribution in [0, 0.1) is 11.3 Å². The first kappa shape index (κ1) is 15.9. The van der Waals surface area contributed by atoms with Gasteiger partial charge in [-0.3, -0.25) is 4.79 Å². The Morgan fingerprint density at radius 3 is 2.70 bits per heavy atom. The largest absolute Gasteiger partial charge is 0.466 e. The zero-order valence-corrected chi connectivity index (χ0v) is 10.7. The molecule has 0 radical (unpaired) electrons. The number of benzene rings is 1. The van der Waals surface area contributed by atoms with Gasteiger partial charge in [-0.15, -0.1) is 0 Å². The van der Waals surface area contributed by atoms with E-state index < -0.39 is 19.2 Å².